The number of rotatable bonds is 21. The van der Waals surface area contributed by atoms with Crippen LogP contribution in [0.5, 0.6) is 0 Å². The van der Waals surface area contributed by atoms with Crippen LogP contribution in [0.25, 0.3) is 0 Å². The van der Waals surface area contributed by atoms with Crippen molar-refractivity contribution >= 4 is 28.1 Å². The van der Waals surface area contributed by atoms with E-state index in [4.69, 9.17) is 56.7 Å². The molecule has 3 amide bonds. The van der Waals surface area contributed by atoms with Crippen molar-refractivity contribution < 1.29 is 165 Å². The average Bonchev–Trinajstić information content (AvgIpc) is 3.55. The third-order valence-corrected chi connectivity index (χ3v) is 14.3. The molecule has 6 aliphatic rings. The van der Waals surface area contributed by atoms with Crippen LogP contribution < -0.4 is 16.0 Å². The molecule has 0 aromatic rings. The van der Waals surface area contributed by atoms with Crippen molar-refractivity contribution in [3.63, 3.8) is 0 Å². The number of nitrogens with one attached hydrogen (secondary N) is 3. The molecule has 0 bridgehead atoms. The van der Waals surface area contributed by atoms with Crippen molar-refractivity contribution in [3.8, 4) is 0 Å². The summed E-state index contributed by atoms with van der Waals surface area (Å²) in [4.78, 5) is 37.2. The van der Waals surface area contributed by atoms with Crippen LogP contribution in [-0.4, -0.2) is 336 Å². The van der Waals surface area contributed by atoms with Crippen LogP contribution in [0, 0.1) is 0 Å². The lowest BCUT2D eigenvalue weighted by Crippen LogP contribution is -2.70. The average molecular weight is 1190 g/mol. The Bertz CT molecular complexity index is 2130. The van der Waals surface area contributed by atoms with Crippen molar-refractivity contribution in [3.05, 3.63) is 0 Å². The number of aliphatic hydroxyl groups is 16. The Kier molecular flexibility index (Phi) is 23.5. The van der Waals surface area contributed by atoms with E-state index < -0.39 is 252 Å². The summed E-state index contributed by atoms with van der Waals surface area (Å²) in [5.74, 6) is -2.49. The van der Waals surface area contributed by atoms with Gasteiger partial charge < -0.3 is 150 Å². The molecule has 6 rings (SSSR count). The highest BCUT2D eigenvalue weighted by Gasteiger charge is 2.57. The van der Waals surface area contributed by atoms with Gasteiger partial charge in [-0.1, -0.05) is 0 Å². The van der Waals surface area contributed by atoms with Crippen molar-refractivity contribution in [2.75, 3.05) is 39.6 Å². The van der Waals surface area contributed by atoms with Gasteiger partial charge in [0.1, 0.15) is 146 Å². The molecule has 0 radical (unpaired) electrons. The molecule has 6 heterocycles. The van der Waals surface area contributed by atoms with E-state index in [9.17, 15) is 105 Å². The van der Waals surface area contributed by atoms with Gasteiger partial charge in [0.15, 0.2) is 37.7 Å². The van der Waals surface area contributed by atoms with Crippen LogP contribution in [0.3, 0.4) is 0 Å². The standard InChI is InChI=1S/C42H71N3O34S/c1-10(50)43-19-26(57)33(15(6-48)73-38(19)68-8-17-25(56)35(21(37(64)70-17)45-12(3)52)78-40-30(61)28(59)22(53)13(4-46)71-40)77-42-32(63)36(24(55)14(5-47)72-42)79-39-20(44-11(2)51)27(58)34(16(7-49)74-39)76-41-31(62)29(60)23(54)18(75-41)9-69-80(65,66)67/h13-42,46-49,53-64H,4-9H2,1-3H3,(H,43,50)(H,44,51)(H,45,52)(H,65,66,67)/t13-,14-,15-,16-,17-,18-,19-,20-,21-,22+,23+,24+,25+,26-,27-,28+,29+,30-,31-,32-,33-,34-,35-,36+,37?,38-,39+,40+,41+,42+/m1/s1. The summed E-state index contributed by atoms with van der Waals surface area (Å²) < 4.78 is 98.3. The van der Waals surface area contributed by atoms with Crippen LogP contribution >= 0.6 is 0 Å². The van der Waals surface area contributed by atoms with Gasteiger partial charge in [0.05, 0.1) is 39.6 Å². The summed E-state index contributed by atoms with van der Waals surface area (Å²) in [5, 5.41) is 180. The van der Waals surface area contributed by atoms with Gasteiger partial charge in [-0.2, -0.15) is 8.42 Å². The first-order valence-corrected chi connectivity index (χ1v) is 26.1. The lowest BCUT2D eigenvalue weighted by atomic mass is 9.94. The quantitative estimate of drug-likeness (QED) is 0.0475. The summed E-state index contributed by atoms with van der Waals surface area (Å²) >= 11 is 0. The second-order valence-corrected chi connectivity index (χ2v) is 20.6. The van der Waals surface area contributed by atoms with E-state index in [0.29, 0.717) is 0 Å². The molecule has 0 aliphatic carbocycles. The van der Waals surface area contributed by atoms with Gasteiger partial charge in [-0.25, -0.2) is 4.18 Å². The lowest BCUT2D eigenvalue weighted by Gasteiger charge is -2.50. The Morgan fingerprint density at radius 1 is 0.388 bits per heavy atom. The second-order valence-electron chi connectivity index (χ2n) is 19.5. The molecular formula is C42H71N3O34S. The molecule has 80 heavy (non-hydrogen) atoms. The number of ether oxygens (including phenoxy) is 11. The smallest absolute Gasteiger partial charge is 0.394 e. The van der Waals surface area contributed by atoms with Crippen LogP contribution in [0.4, 0.5) is 0 Å². The van der Waals surface area contributed by atoms with Gasteiger partial charge in [-0.3, -0.25) is 18.9 Å². The zero-order valence-electron chi connectivity index (χ0n) is 42.5. The Morgan fingerprint density at radius 2 is 0.750 bits per heavy atom. The summed E-state index contributed by atoms with van der Waals surface area (Å²) in [6.45, 7) is -3.00. The molecule has 0 aromatic carbocycles. The Balaban J connectivity index is 1.18. The van der Waals surface area contributed by atoms with E-state index in [0.717, 1.165) is 20.8 Å². The molecule has 38 heteroatoms. The minimum absolute atomic E-state index is 0.770. The van der Waals surface area contributed by atoms with Gasteiger partial charge in [0.2, 0.25) is 17.7 Å². The normalized spacial score (nSPS) is 46.5. The predicted octanol–water partition coefficient (Wildman–Crippen LogP) is -13.8. The maximum absolute atomic E-state index is 12.6. The number of aliphatic hydroxyl groups excluding tert-OH is 16. The first-order valence-electron chi connectivity index (χ1n) is 24.8. The van der Waals surface area contributed by atoms with Gasteiger partial charge >= 0.3 is 10.4 Å². The number of hydrogen-bond donors (Lipinski definition) is 20. The summed E-state index contributed by atoms with van der Waals surface area (Å²) in [6.07, 6.45) is -52.2. The fourth-order valence-corrected chi connectivity index (χ4v) is 10.1. The third-order valence-electron chi connectivity index (χ3n) is 13.8. The summed E-state index contributed by atoms with van der Waals surface area (Å²) in [5.41, 5.74) is 0. The maximum atomic E-state index is 12.6. The van der Waals surface area contributed by atoms with E-state index in [-0.39, 0.29) is 0 Å². The molecule has 37 nitrogen and oxygen atoms in total. The summed E-state index contributed by atoms with van der Waals surface area (Å²) in [6, 6.07) is -5.15. The van der Waals surface area contributed by atoms with E-state index in [1.54, 1.807) is 0 Å². The van der Waals surface area contributed by atoms with Crippen molar-refractivity contribution in [2.24, 2.45) is 0 Å². The first kappa shape index (κ1) is 66.3. The molecule has 6 fully saturated rings. The van der Waals surface area contributed by atoms with Crippen molar-refractivity contribution in [2.45, 2.75) is 205 Å². The molecule has 0 saturated carbocycles. The predicted molar refractivity (Wildman–Crippen MR) is 244 cm³/mol. The third kappa shape index (κ3) is 15.4. The Labute approximate surface area is 453 Å². The van der Waals surface area contributed by atoms with Crippen molar-refractivity contribution in [1.82, 2.24) is 16.0 Å². The summed E-state index contributed by atoms with van der Waals surface area (Å²) in [7, 11) is -5.12. The zero-order chi connectivity index (χ0) is 59.4. The molecule has 6 saturated heterocycles. The Morgan fingerprint density at radius 3 is 1.23 bits per heavy atom. The molecule has 20 N–H and O–H groups in total. The van der Waals surface area contributed by atoms with E-state index in [1.165, 1.54) is 0 Å². The zero-order valence-corrected chi connectivity index (χ0v) is 43.3. The highest BCUT2D eigenvalue weighted by molar-refractivity contribution is 7.80. The minimum Gasteiger partial charge on any atom is -0.394 e. The SMILES string of the molecule is CC(=O)N[C@H]1[C@H](O[C@H]2[C@@H](O)[C@@H](CO)O[C@@H](O[C@H]3[C@H](O)[C@@H](NC(C)=O)[C@H](OC[C@H]4OC(O)[C@H](NC(C)=O)[C@@H](O[C@@H]5O[C@H](CO)[C@H](O)[C@H](O)[C@H]5O)[C@H]4O)O[C@@H]3CO)[C@@H]2O)O[C@H](CO)[C@@H](O[C@@H]2O[C@H](COS(=O)(=O)O)[C@H](O)[C@H](O)[C@H]2O)[C@@H]1O. The van der Waals surface area contributed by atoms with E-state index in [2.05, 4.69) is 20.1 Å². The second kappa shape index (κ2) is 28.4. The number of hydrogen-bond acceptors (Lipinski definition) is 33. The van der Waals surface area contributed by atoms with Crippen LogP contribution in [0.2, 0.25) is 0 Å². The number of carbonyl (C=O) groups excluding carboxylic acids is 3. The maximum Gasteiger partial charge on any atom is 0.397 e. The Hall–Kier alpha value is -2.80. The topological polar surface area (TPSA) is 576 Å². The number of carbonyl (C=O) groups is 3. The van der Waals surface area contributed by atoms with Gasteiger partial charge in [0.25, 0.3) is 0 Å². The molecule has 464 valence electrons. The van der Waals surface area contributed by atoms with E-state index in [1.807, 2.05) is 0 Å². The van der Waals surface area contributed by atoms with Crippen LogP contribution in [0.15, 0.2) is 0 Å². The number of amides is 3. The van der Waals surface area contributed by atoms with Gasteiger partial charge in [0, 0.05) is 20.8 Å². The highest BCUT2D eigenvalue weighted by Crippen LogP contribution is 2.36. The molecule has 0 spiro atoms. The van der Waals surface area contributed by atoms with Gasteiger partial charge in [-0.05, 0) is 0 Å². The lowest BCUT2D eigenvalue weighted by molar-refractivity contribution is -0.378. The molecule has 30 atom stereocenters. The molecule has 6 aliphatic heterocycles. The van der Waals surface area contributed by atoms with Crippen molar-refractivity contribution in [1.29, 1.82) is 0 Å². The monoisotopic (exact) mass is 1190 g/mol. The first-order chi connectivity index (χ1) is 37.5. The highest BCUT2D eigenvalue weighted by atomic mass is 32.3. The fraction of sp³-hybridized carbons (Fsp3) is 0.929. The van der Waals surface area contributed by atoms with Crippen LogP contribution in [-0.2, 0) is 81.1 Å². The van der Waals surface area contributed by atoms with E-state index >= 15 is 0 Å². The molecule has 1 unspecified atom stereocenters. The molecular weight excluding hydrogens is 1120 g/mol. The largest absolute Gasteiger partial charge is 0.397 e. The minimum atomic E-state index is -5.12. The van der Waals surface area contributed by atoms with Gasteiger partial charge in [-0.15, -0.1) is 0 Å². The fourth-order valence-electron chi connectivity index (χ4n) is 9.76. The molecule has 0 aromatic heterocycles. The van der Waals surface area contributed by atoms with Crippen LogP contribution in [0.1, 0.15) is 20.8 Å².